The summed E-state index contributed by atoms with van der Waals surface area (Å²) >= 11 is 6.26. The minimum Gasteiger partial charge on any atom is -0.473 e. The van der Waals surface area contributed by atoms with Gasteiger partial charge in [-0.15, -0.1) is 0 Å². The van der Waals surface area contributed by atoms with Crippen LogP contribution in [0, 0.1) is 0 Å². The van der Waals surface area contributed by atoms with E-state index < -0.39 is 11.7 Å². The number of rotatable bonds is 7. The van der Waals surface area contributed by atoms with Gasteiger partial charge in [-0.2, -0.15) is 5.10 Å². The van der Waals surface area contributed by atoms with E-state index in [9.17, 15) is 4.79 Å². The van der Waals surface area contributed by atoms with Gasteiger partial charge in [-0.05, 0) is 32.4 Å². The van der Waals surface area contributed by atoms with E-state index in [1.54, 1.807) is 11.7 Å². The number of aromatic nitrogens is 2. The Hall–Kier alpha value is -2.99. The highest BCUT2D eigenvalue weighted by atomic mass is 35.5. The van der Waals surface area contributed by atoms with E-state index in [0.29, 0.717) is 36.3 Å². The molecule has 3 aromatic rings. The number of amides is 1. The van der Waals surface area contributed by atoms with Gasteiger partial charge >= 0.3 is 6.09 Å². The quantitative estimate of drug-likeness (QED) is 0.483. The van der Waals surface area contributed by atoms with E-state index in [0.717, 1.165) is 11.1 Å². The summed E-state index contributed by atoms with van der Waals surface area (Å²) in [6.45, 7) is 6.70. The van der Waals surface area contributed by atoms with Gasteiger partial charge in [0.25, 0.3) is 0 Å². The zero-order valence-electron chi connectivity index (χ0n) is 18.3. The highest BCUT2D eigenvalue weighted by Crippen LogP contribution is 2.22. The number of ether oxygens (including phenoxy) is 2. The molecule has 0 aliphatic carbocycles. The van der Waals surface area contributed by atoms with Crippen LogP contribution in [0.1, 0.15) is 37.6 Å². The van der Waals surface area contributed by atoms with E-state index in [1.165, 1.54) is 4.90 Å². The van der Waals surface area contributed by atoms with Crippen molar-refractivity contribution in [3.8, 4) is 5.88 Å². The van der Waals surface area contributed by atoms with E-state index in [-0.39, 0.29) is 0 Å². The van der Waals surface area contributed by atoms with Crippen LogP contribution >= 0.6 is 11.6 Å². The second kappa shape index (κ2) is 9.88. The molecule has 0 radical (unpaired) electrons. The Morgan fingerprint density at radius 2 is 1.77 bits per heavy atom. The summed E-state index contributed by atoms with van der Waals surface area (Å²) in [6.07, 6.45) is -0.399. The Bertz CT molecular complexity index is 1010. The standard InChI is InChI=1S/C24H28ClN3O3/c1-24(2,3)31-23(29)27(4)16-20-14-22(30-17-19-12-8-9-13-21(19)25)28(26-20)15-18-10-6-5-7-11-18/h5-14H,15-17H2,1-4H3. The van der Waals surface area contributed by atoms with Crippen molar-refractivity contribution in [1.82, 2.24) is 14.7 Å². The molecule has 1 amide bonds. The SMILES string of the molecule is CN(Cc1cc(OCc2ccccc2Cl)n(Cc2ccccc2)n1)C(=O)OC(C)(C)C. The third-order valence-corrected chi connectivity index (χ3v) is 4.78. The van der Waals surface area contributed by atoms with Gasteiger partial charge in [-0.1, -0.05) is 60.1 Å². The molecular weight excluding hydrogens is 414 g/mol. The van der Waals surface area contributed by atoms with Gasteiger partial charge < -0.3 is 14.4 Å². The Kier molecular flexibility index (Phi) is 7.23. The topological polar surface area (TPSA) is 56.6 Å². The number of hydrogen-bond donors (Lipinski definition) is 0. The summed E-state index contributed by atoms with van der Waals surface area (Å²) in [5, 5.41) is 5.32. The molecule has 164 valence electrons. The number of halogens is 1. The largest absolute Gasteiger partial charge is 0.473 e. The number of carbonyl (C=O) groups excluding carboxylic acids is 1. The van der Waals surface area contributed by atoms with Gasteiger partial charge in [0.15, 0.2) is 0 Å². The lowest BCUT2D eigenvalue weighted by atomic mass is 10.2. The second-order valence-electron chi connectivity index (χ2n) is 8.33. The Morgan fingerprint density at radius 1 is 1.10 bits per heavy atom. The van der Waals surface area contributed by atoms with Crippen molar-refractivity contribution in [2.75, 3.05) is 7.05 Å². The van der Waals surface area contributed by atoms with Crippen LogP contribution in [0.5, 0.6) is 5.88 Å². The first-order chi connectivity index (χ1) is 14.7. The summed E-state index contributed by atoms with van der Waals surface area (Å²) in [5.41, 5.74) is 2.14. The highest BCUT2D eigenvalue weighted by molar-refractivity contribution is 6.31. The molecule has 1 aromatic heterocycles. The molecule has 0 fully saturated rings. The molecule has 0 aliphatic rings. The molecule has 0 N–H and O–H groups in total. The third-order valence-electron chi connectivity index (χ3n) is 4.41. The molecule has 3 rings (SSSR count). The number of carbonyl (C=O) groups is 1. The first-order valence-electron chi connectivity index (χ1n) is 10.1. The molecule has 31 heavy (non-hydrogen) atoms. The minimum atomic E-state index is -0.554. The van der Waals surface area contributed by atoms with E-state index >= 15 is 0 Å². The highest BCUT2D eigenvalue weighted by Gasteiger charge is 2.21. The molecule has 0 atom stereocenters. The van der Waals surface area contributed by atoms with E-state index in [1.807, 2.05) is 81.4 Å². The first kappa shape index (κ1) is 22.7. The molecular formula is C24H28ClN3O3. The van der Waals surface area contributed by atoms with Crippen LogP contribution in [-0.4, -0.2) is 33.4 Å². The van der Waals surface area contributed by atoms with Crippen molar-refractivity contribution in [2.24, 2.45) is 0 Å². The summed E-state index contributed by atoms with van der Waals surface area (Å²) < 4.78 is 13.3. The maximum atomic E-state index is 12.3. The van der Waals surface area contributed by atoms with Crippen molar-refractivity contribution in [1.29, 1.82) is 0 Å². The van der Waals surface area contributed by atoms with Crippen LogP contribution in [0.15, 0.2) is 60.7 Å². The van der Waals surface area contributed by atoms with Gasteiger partial charge in [0, 0.05) is 23.7 Å². The minimum absolute atomic E-state index is 0.305. The molecule has 7 heteroatoms. The lowest BCUT2D eigenvalue weighted by molar-refractivity contribution is 0.0283. The predicted octanol–water partition coefficient (Wildman–Crippen LogP) is 5.53. The van der Waals surface area contributed by atoms with Crippen LogP contribution in [0.3, 0.4) is 0 Å². The lowest BCUT2D eigenvalue weighted by Gasteiger charge is -2.24. The molecule has 1 heterocycles. The van der Waals surface area contributed by atoms with Gasteiger partial charge in [-0.3, -0.25) is 0 Å². The van der Waals surface area contributed by atoms with Crippen LogP contribution < -0.4 is 4.74 Å². The van der Waals surface area contributed by atoms with Crippen LogP contribution in [0.25, 0.3) is 0 Å². The van der Waals surface area contributed by atoms with Crippen LogP contribution in [0.4, 0.5) is 4.79 Å². The lowest BCUT2D eigenvalue weighted by Crippen LogP contribution is -2.33. The van der Waals surface area contributed by atoms with Gasteiger partial charge in [0.1, 0.15) is 12.2 Å². The van der Waals surface area contributed by atoms with Gasteiger partial charge in [0.2, 0.25) is 5.88 Å². The fourth-order valence-electron chi connectivity index (χ4n) is 2.93. The zero-order chi connectivity index (χ0) is 22.4. The van der Waals surface area contributed by atoms with Crippen LogP contribution in [0.2, 0.25) is 5.02 Å². The summed E-state index contributed by atoms with van der Waals surface area (Å²) in [6, 6.07) is 19.4. The Labute approximate surface area is 188 Å². The average molecular weight is 442 g/mol. The van der Waals surface area contributed by atoms with Crippen LogP contribution in [-0.2, 0) is 24.4 Å². The third kappa shape index (κ3) is 6.76. The number of hydrogen-bond acceptors (Lipinski definition) is 4. The van der Waals surface area contributed by atoms with Crippen molar-refractivity contribution >= 4 is 17.7 Å². The fourth-order valence-corrected chi connectivity index (χ4v) is 3.12. The molecule has 0 spiro atoms. The molecule has 0 saturated carbocycles. The van der Waals surface area contributed by atoms with Gasteiger partial charge in [0.05, 0.1) is 18.8 Å². The number of nitrogens with zero attached hydrogens (tertiary/aromatic N) is 3. The maximum Gasteiger partial charge on any atom is 0.410 e. The van der Waals surface area contributed by atoms with Crippen molar-refractivity contribution in [3.05, 3.63) is 82.5 Å². The zero-order valence-corrected chi connectivity index (χ0v) is 19.1. The summed E-state index contributed by atoms with van der Waals surface area (Å²) in [4.78, 5) is 13.8. The van der Waals surface area contributed by atoms with Crippen molar-refractivity contribution in [3.63, 3.8) is 0 Å². The van der Waals surface area contributed by atoms with Crippen molar-refractivity contribution in [2.45, 2.75) is 46.1 Å². The van der Waals surface area contributed by atoms with E-state index in [2.05, 4.69) is 5.10 Å². The molecule has 2 aromatic carbocycles. The monoisotopic (exact) mass is 441 g/mol. The molecule has 0 aliphatic heterocycles. The van der Waals surface area contributed by atoms with Gasteiger partial charge in [-0.25, -0.2) is 9.48 Å². The Balaban J connectivity index is 1.78. The molecule has 0 bridgehead atoms. The van der Waals surface area contributed by atoms with Crippen molar-refractivity contribution < 1.29 is 14.3 Å². The first-order valence-corrected chi connectivity index (χ1v) is 10.5. The second-order valence-corrected chi connectivity index (χ2v) is 8.74. The Morgan fingerprint density at radius 3 is 2.45 bits per heavy atom. The fraction of sp³-hybridized carbons (Fsp3) is 0.333. The molecule has 6 nitrogen and oxygen atoms in total. The predicted molar refractivity (Wildman–Crippen MR) is 121 cm³/mol. The summed E-state index contributed by atoms with van der Waals surface area (Å²) in [7, 11) is 1.69. The number of benzene rings is 2. The normalized spacial score (nSPS) is 11.3. The van der Waals surface area contributed by atoms with E-state index in [4.69, 9.17) is 21.1 Å². The smallest absolute Gasteiger partial charge is 0.410 e. The molecule has 0 saturated heterocycles. The average Bonchev–Trinajstić information content (AvgIpc) is 3.07. The summed E-state index contributed by atoms with van der Waals surface area (Å²) in [5.74, 6) is 0.608. The molecule has 0 unspecified atom stereocenters. The maximum absolute atomic E-state index is 12.3.